The Morgan fingerprint density at radius 1 is 1.44 bits per heavy atom. The first-order chi connectivity index (χ1) is 7.44. The van der Waals surface area contributed by atoms with Gasteiger partial charge in [0.25, 0.3) is 0 Å². The third kappa shape index (κ3) is 4.12. The lowest BCUT2D eigenvalue weighted by molar-refractivity contribution is -0.131. The van der Waals surface area contributed by atoms with E-state index >= 15 is 0 Å². The molecular weight excluding hydrogens is 200 g/mol. The van der Waals surface area contributed by atoms with Crippen LogP contribution in [0.3, 0.4) is 0 Å². The molecule has 1 amide bonds. The van der Waals surface area contributed by atoms with Gasteiger partial charge in [0, 0.05) is 25.6 Å². The van der Waals surface area contributed by atoms with Crippen LogP contribution >= 0.6 is 0 Å². The third-order valence-corrected chi connectivity index (χ3v) is 3.54. The summed E-state index contributed by atoms with van der Waals surface area (Å²) >= 11 is 0. The highest BCUT2D eigenvalue weighted by Crippen LogP contribution is 2.30. The average Bonchev–Trinajstić information content (AvgIpc) is 2.31. The molecule has 1 saturated heterocycles. The van der Waals surface area contributed by atoms with Crippen molar-refractivity contribution in [3.8, 4) is 0 Å². The molecule has 1 heterocycles. The molecule has 0 spiro atoms. The van der Waals surface area contributed by atoms with Crippen LogP contribution in [0.15, 0.2) is 0 Å². The van der Waals surface area contributed by atoms with E-state index in [4.69, 9.17) is 5.73 Å². The van der Waals surface area contributed by atoms with Crippen molar-refractivity contribution < 1.29 is 4.79 Å². The fraction of sp³-hybridized carbons (Fsp3) is 0.923. The predicted octanol–water partition coefficient (Wildman–Crippen LogP) is 2.15. The quantitative estimate of drug-likeness (QED) is 0.798. The number of amides is 1. The van der Waals surface area contributed by atoms with Gasteiger partial charge in [-0.1, -0.05) is 27.2 Å². The zero-order valence-corrected chi connectivity index (χ0v) is 11.0. The second-order valence-corrected chi connectivity index (χ2v) is 5.80. The van der Waals surface area contributed by atoms with Crippen molar-refractivity contribution in [1.29, 1.82) is 0 Å². The molecule has 1 rings (SSSR count). The molecule has 0 radical (unpaired) electrons. The number of hydrogen-bond donors (Lipinski definition) is 1. The monoisotopic (exact) mass is 226 g/mol. The van der Waals surface area contributed by atoms with Gasteiger partial charge in [0.1, 0.15) is 0 Å². The normalized spacial score (nSPS) is 23.0. The fourth-order valence-electron chi connectivity index (χ4n) is 2.23. The summed E-state index contributed by atoms with van der Waals surface area (Å²) in [6, 6.07) is 0.148. The number of nitrogens with two attached hydrogens (primary N) is 1. The van der Waals surface area contributed by atoms with E-state index in [1.165, 1.54) is 0 Å². The van der Waals surface area contributed by atoms with Crippen LogP contribution in [0.1, 0.15) is 52.9 Å². The Morgan fingerprint density at radius 3 is 2.75 bits per heavy atom. The van der Waals surface area contributed by atoms with E-state index in [-0.39, 0.29) is 11.9 Å². The van der Waals surface area contributed by atoms with Gasteiger partial charge >= 0.3 is 0 Å². The maximum atomic E-state index is 11.9. The Labute approximate surface area is 99.4 Å². The Bertz CT molecular complexity index is 238. The van der Waals surface area contributed by atoms with E-state index in [0.717, 1.165) is 38.8 Å². The highest BCUT2D eigenvalue weighted by atomic mass is 16.2. The third-order valence-electron chi connectivity index (χ3n) is 3.54. The Hall–Kier alpha value is -0.570. The number of carbonyl (C=O) groups is 1. The lowest BCUT2D eigenvalue weighted by atomic mass is 9.85. The van der Waals surface area contributed by atoms with Crippen LogP contribution in [0.5, 0.6) is 0 Å². The molecule has 94 valence electrons. The highest BCUT2D eigenvalue weighted by Gasteiger charge is 2.27. The minimum absolute atomic E-state index is 0.148. The number of hydrogen-bond acceptors (Lipinski definition) is 2. The SMILES string of the molecule is CCCC(N)CN1CCC(C)(C)CCC1=O. The van der Waals surface area contributed by atoms with Crippen molar-refractivity contribution in [2.45, 2.75) is 58.9 Å². The van der Waals surface area contributed by atoms with Gasteiger partial charge in [0.05, 0.1) is 0 Å². The number of likely N-dealkylation sites (tertiary alicyclic amines) is 1. The van der Waals surface area contributed by atoms with Crippen molar-refractivity contribution in [3.05, 3.63) is 0 Å². The van der Waals surface area contributed by atoms with Gasteiger partial charge in [-0.3, -0.25) is 4.79 Å². The van der Waals surface area contributed by atoms with E-state index in [1.54, 1.807) is 0 Å². The van der Waals surface area contributed by atoms with Crippen molar-refractivity contribution in [1.82, 2.24) is 4.90 Å². The van der Waals surface area contributed by atoms with Crippen LogP contribution in [-0.2, 0) is 4.79 Å². The van der Waals surface area contributed by atoms with E-state index < -0.39 is 0 Å². The molecule has 3 heteroatoms. The summed E-state index contributed by atoms with van der Waals surface area (Å²) in [5, 5.41) is 0. The summed E-state index contributed by atoms with van der Waals surface area (Å²) in [6.07, 6.45) is 4.89. The number of rotatable bonds is 4. The van der Waals surface area contributed by atoms with Crippen LogP contribution in [0, 0.1) is 5.41 Å². The first-order valence-electron chi connectivity index (χ1n) is 6.48. The van der Waals surface area contributed by atoms with Crippen molar-refractivity contribution in [3.63, 3.8) is 0 Å². The smallest absolute Gasteiger partial charge is 0.222 e. The molecule has 1 aliphatic heterocycles. The number of carbonyl (C=O) groups excluding carboxylic acids is 1. The second kappa shape index (κ2) is 5.67. The van der Waals surface area contributed by atoms with Gasteiger partial charge < -0.3 is 10.6 Å². The van der Waals surface area contributed by atoms with Gasteiger partial charge in [-0.25, -0.2) is 0 Å². The van der Waals surface area contributed by atoms with Gasteiger partial charge in [-0.2, -0.15) is 0 Å². The summed E-state index contributed by atoms with van der Waals surface area (Å²) in [5.74, 6) is 0.289. The Morgan fingerprint density at radius 2 is 2.12 bits per heavy atom. The van der Waals surface area contributed by atoms with Gasteiger partial charge in [0.15, 0.2) is 0 Å². The van der Waals surface area contributed by atoms with E-state index in [2.05, 4.69) is 20.8 Å². The summed E-state index contributed by atoms with van der Waals surface area (Å²) in [6.45, 7) is 8.24. The molecule has 0 aromatic heterocycles. The molecule has 3 nitrogen and oxygen atoms in total. The Kier molecular flexibility index (Phi) is 4.78. The molecule has 0 aromatic carbocycles. The van der Waals surface area contributed by atoms with Crippen molar-refractivity contribution in [2.24, 2.45) is 11.1 Å². The summed E-state index contributed by atoms with van der Waals surface area (Å²) < 4.78 is 0. The first-order valence-corrected chi connectivity index (χ1v) is 6.48. The van der Waals surface area contributed by atoms with E-state index in [9.17, 15) is 4.79 Å². The molecule has 16 heavy (non-hydrogen) atoms. The molecular formula is C13H26N2O. The second-order valence-electron chi connectivity index (χ2n) is 5.80. The molecule has 0 aliphatic carbocycles. The molecule has 0 bridgehead atoms. The minimum atomic E-state index is 0.148. The van der Waals surface area contributed by atoms with Crippen LogP contribution < -0.4 is 5.73 Å². The maximum absolute atomic E-state index is 11.9. The van der Waals surface area contributed by atoms with Crippen LogP contribution in [0.25, 0.3) is 0 Å². The summed E-state index contributed by atoms with van der Waals surface area (Å²) in [5.41, 5.74) is 6.31. The predicted molar refractivity (Wildman–Crippen MR) is 67.1 cm³/mol. The fourth-order valence-corrected chi connectivity index (χ4v) is 2.23. The van der Waals surface area contributed by atoms with E-state index in [0.29, 0.717) is 11.8 Å². The topological polar surface area (TPSA) is 46.3 Å². The first kappa shape index (κ1) is 13.5. The molecule has 2 N–H and O–H groups in total. The zero-order valence-electron chi connectivity index (χ0n) is 11.0. The maximum Gasteiger partial charge on any atom is 0.222 e. The van der Waals surface area contributed by atoms with Crippen LogP contribution in [0.2, 0.25) is 0 Å². The van der Waals surface area contributed by atoms with Gasteiger partial charge in [-0.15, -0.1) is 0 Å². The Balaban J connectivity index is 2.49. The summed E-state index contributed by atoms with van der Waals surface area (Å²) in [4.78, 5) is 13.9. The molecule has 1 atom stereocenters. The largest absolute Gasteiger partial charge is 0.341 e. The molecule has 0 aromatic rings. The average molecular weight is 226 g/mol. The molecule has 1 unspecified atom stereocenters. The van der Waals surface area contributed by atoms with Crippen molar-refractivity contribution >= 4 is 5.91 Å². The standard InChI is InChI=1S/C13H26N2O/c1-4-5-11(14)10-15-9-8-13(2,3)7-6-12(15)16/h11H,4-10,14H2,1-3H3. The highest BCUT2D eigenvalue weighted by molar-refractivity contribution is 5.76. The minimum Gasteiger partial charge on any atom is -0.341 e. The zero-order chi connectivity index (χ0) is 12.2. The molecule has 1 fully saturated rings. The lowest BCUT2D eigenvalue weighted by Crippen LogP contribution is -2.41. The number of nitrogens with zero attached hydrogens (tertiary/aromatic N) is 1. The molecule has 0 saturated carbocycles. The van der Waals surface area contributed by atoms with E-state index in [1.807, 2.05) is 4.90 Å². The van der Waals surface area contributed by atoms with Gasteiger partial charge in [-0.05, 0) is 24.7 Å². The lowest BCUT2D eigenvalue weighted by Gasteiger charge is -2.25. The summed E-state index contributed by atoms with van der Waals surface area (Å²) in [7, 11) is 0. The van der Waals surface area contributed by atoms with Crippen molar-refractivity contribution in [2.75, 3.05) is 13.1 Å². The van der Waals surface area contributed by atoms with Gasteiger partial charge in [0.2, 0.25) is 5.91 Å². The molecule has 1 aliphatic rings. The van der Waals surface area contributed by atoms with Crippen LogP contribution in [0.4, 0.5) is 0 Å². The van der Waals surface area contributed by atoms with Crippen LogP contribution in [-0.4, -0.2) is 29.9 Å².